The summed E-state index contributed by atoms with van der Waals surface area (Å²) in [5, 5.41) is 8.19. The van der Waals surface area contributed by atoms with Crippen LogP contribution < -0.4 is 0 Å². The van der Waals surface area contributed by atoms with Crippen molar-refractivity contribution in [2.75, 3.05) is 33.5 Å². The number of aryl methyl sites for hydroxylation is 1. The van der Waals surface area contributed by atoms with Crippen LogP contribution in [0.5, 0.6) is 0 Å². The van der Waals surface area contributed by atoms with Crippen LogP contribution >= 0.6 is 0 Å². The Morgan fingerprint density at radius 2 is 1.47 bits per heavy atom. The van der Waals surface area contributed by atoms with Crippen molar-refractivity contribution in [3.8, 4) is 0 Å². The highest BCUT2D eigenvalue weighted by Crippen LogP contribution is 2.12. The number of rotatable bonds is 10. The number of benzene rings is 1. The number of ether oxygens (including phenoxy) is 3. The fourth-order valence-electron chi connectivity index (χ4n) is 1.55. The Bertz CT molecular complexity index is 931. The predicted molar refractivity (Wildman–Crippen MR) is 125 cm³/mol. The van der Waals surface area contributed by atoms with Crippen molar-refractivity contribution in [2.45, 2.75) is 25.7 Å². The Hall–Kier alpha value is -3.28. The molecule has 34 heavy (non-hydrogen) atoms. The number of carbonyl (C=O) groups is 3. The number of hydrogen-bond donors (Lipinski definition) is 1. The average Bonchev–Trinajstić information content (AvgIpc) is 2.80. The molecule has 0 bridgehead atoms. The van der Waals surface area contributed by atoms with Gasteiger partial charge in [0.1, 0.15) is 19.8 Å². The van der Waals surface area contributed by atoms with E-state index in [9.17, 15) is 22.8 Å². The van der Waals surface area contributed by atoms with E-state index in [4.69, 9.17) is 9.29 Å². The molecule has 0 aliphatic carbocycles. The topological polar surface area (TPSA) is 142 Å². The van der Waals surface area contributed by atoms with Crippen LogP contribution in [0.1, 0.15) is 19.4 Å². The SMILES string of the molecule is C=C(C)C(=O)OC.C=C(C)C(=O)OCCO.C=CC(=O)OCCOS(=O)(=O)c1ccc(C)cc1. The molecular weight excluding hydrogens is 468 g/mol. The van der Waals surface area contributed by atoms with Gasteiger partial charge in [-0.1, -0.05) is 37.4 Å². The molecule has 0 aliphatic heterocycles. The van der Waals surface area contributed by atoms with E-state index in [2.05, 4.69) is 33.9 Å². The normalized spacial score (nSPS) is 9.68. The molecule has 1 aromatic rings. The molecule has 0 spiro atoms. The van der Waals surface area contributed by atoms with Gasteiger partial charge in [-0.05, 0) is 32.9 Å². The highest BCUT2D eigenvalue weighted by Gasteiger charge is 2.14. The lowest BCUT2D eigenvalue weighted by Gasteiger charge is -2.06. The summed E-state index contributed by atoms with van der Waals surface area (Å²) in [6.45, 7) is 14.5. The monoisotopic (exact) mass is 500 g/mol. The Morgan fingerprint density at radius 1 is 0.941 bits per heavy atom. The first kappa shape index (κ1) is 32.9. The zero-order valence-corrected chi connectivity index (χ0v) is 20.7. The zero-order chi connectivity index (χ0) is 26.7. The summed E-state index contributed by atoms with van der Waals surface area (Å²) in [5.41, 5.74) is 1.74. The number of carbonyl (C=O) groups excluding carboxylic acids is 3. The van der Waals surface area contributed by atoms with Gasteiger partial charge in [-0.3, -0.25) is 4.18 Å². The number of methoxy groups -OCH3 is 1. The van der Waals surface area contributed by atoms with E-state index in [0.29, 0.717) is 11.1 Å². The molecular formula is C23H32O10S. The minimum atomic E-state index is -3.80. The smallest absolute Gasteiger partial charge is 0.333 e. The van der Waals surface area contributed by atoms with Crippen LogP contribution in [0.25, 0.3) is 0 Å². The lowest BCUT2D eigenvalue weighted by molar-refractivity contribution is -0.140. The Labute approximate surface area is 200 Å². The molecule has 0 radical (unpaired) electrons. The van der Waals surface area contributed by atoms with Crippen LogP contribution in [0.3, 0.4) is 0 Å². The minimum absolute atomic E-state index is 0.0473. The number of hydrogen-bond acceptors (Lipinski definition) is 10. The highest BCUT2D eigenvalue weighted by molar-refractivity contribution is 7.86. The zero-order valence-electron chi connectivity index (χ0n) is 19.9. The largest absolute Gasteiger partial charge is 0.466 e. The van der Waals surface area contributed by atoms with Gasteiger partial charge in [0, 0.05) is 17.2 Å². The van der Waals surface area contributed by atoms with E-state index in [1.54, 1.807) is 26.0 Å². The minimum Gasteiger partial charge on any atom is -0.466 e. The molecule has 11 heteroatoms. The van der Waals surface area contributed by atoms with E-state index < -0.39 is 22.1 Å². The maximum absolute atomic E-state index is 11.7. The van der Waals surface area contributed by atoms with Gasteiger partial charge in [0.25, 0.3) is 10.1 Å². The third kappa shape index (κ3) is 16.4. The molecule has 0 fully saturated rings. The predicted octanol–water partition coefficient (Wildman–Crippen LogP) is 2.26. The van der Waals surface area contributed by atoms with E-state index in [-0.39, 0.29) is 37.3 Å². The van der Waals surface area contributed by atoms with Gasteiger partial charge in [-0.15, -0.1) is 0 Å². The molecule has 1 N–H and O–H groups in total. The van der Waals surface area contributed by atoms with Gasteiger partial charge in [0.05, 0.1) is 18.6 Å². The standard InChI is InChI=1S/C12H14O5S.C6H10O3.C5H8O2/c1-3-12(13)16-8-9-17-18(14,15)11-6-4-10(2)5-7-11;1-5(2)6(8)9-4-3-7;1-4(2)5(6)7-3/h3-7H,1,8-9H2,2H3;7H,1,3-4H2,2H3;1H2,2-3H3. The first-order chi connectivity index (χ1) is 15.8. The molecule has 0 saturated carbocycles. The van der Waals surface area contributed by atoms with Crippen LogP contribution in [0.4, 0.5) is 0 Å². The van der Waals surface area contributed by atoms with Crippen molar-refractivity contribution in [2.24, 2.45) is 0 Å². The van der Waals surface area contributed by atoms with E-state index >= 15 is 0 Å². The molecule has 0 unspecified atom stereocenters. The van der Waals surface area contributed by atoms with Crippen molar-refractivity contribution in [3.05, 3.63) is 66.8 Å². The van der Waals surface area contributed by atoms with Crippen LogP contribution in [0, 0.1) is 6.92 Å². The molecule has 10 nitrogen and oxygen atoms in total. The fourth-order valence-corrected chi connectivity index (χ4v) is 2.45. The van der Waals surface area contributed by atoms with Crippen molar-refractivity contribution in [1.82, 2.24) is 0 Å². The van der Waals surface area contributed by atoms with Gasteiger partial charge in [-0.2, -0.15) is 8.42 Å². The number of aliphatic hydroxyl groups excluding tert-OH is 1. The molecule has 0 saturated heterocycles. The Morgan fingerprint density at radius 3 is 1.85 bits per heavy atom. The summed E-state index contributed by atoms with van der Waals surface area (Å²) >= 11 is 0. The summed E-state index contributed by atoms with van der Waals surface area (Å²) in [5.74, 6) is -1.42. The first-order valence-corrected chi connectivity index (χ1v) is 11.2. The Kier molecular flexibility index (Phi) is 17.6. The quantitative estimate of drug-likeness (QED) is 0.167. The van der Waals surface area contributed by atoms with Crippen molar-refractivity contribution in [3.63, 3.8) is 0 Å². The highest BCUT2D eigenvalue weighted by atomic mass is 32.2. The van der Waals surface area contributed by atoms with Crippen molar-refractivity contribution >= 4 is 28.0 Å². The lowest BCUT2D eigenvalue weighted by Crippen LogP contribution is -2.13. The second-order valence-electron chi connectivity index (χ2n) is 6.37. The summed E-state index contributed by atoms with van der Waals surface area (Å²) in [6, 6.07) is 6.27. The molecule has 0 atom stereocenters. The number of aliphatic hydroxyl groups is 1. The van der Waals surface area contributed by atoms with E-state index in [0.717, 1.165) is 11.6 Å². The summed E-state index contributed by atoms with van der Waals surface area (Å²) < 4.78 is 41.4. The third-order valence-electron chi connectivity index (χ3n) is 3.25. The number of esters is 3. The van der Waals surface area contributed by atoms with Gasteiger partial charge < -0.3 is 19.3 Å². The van der Waals surface area contributed by atoms with Gasteiger partial charge in [0.2, 0.25) is 0 Å². The lowest BCUT2D eigenvalue weighted by atomic mass is 10.2. The maximum Gasteiger partial charge on any atom is 0.333 e. The molecule has 0 aliphatic rings. The van der Waals surface area contributed by atoms with Crippen LogP contribution in [-0.4, -0.2) is 65.0 Å². The fraction of sp³-hybridized carbons (Fsp3) is 0.348. The second-order valence-corrected chi connectivity index (χ2v) is 7.99. The van der Waals surface area contributed by atoms with Crippen molar-refractivity contribution < 1.29 is 46.3 Å². The second kappa shape index (κ2) is 18.2. The van der Waals surface area contributed by atoms with Gasteiger partial charge in [-0.25, -0.2) is 14.4 Å². The average molecular weight is 501 g/mol. The summed E-state index contributed by atoms with van der Waals surface area (Å²) in [7, 11) is -2.47. The molecule has 1 aromatic carbocycles. The van der Waals surface area contributed by atoms with Crippen LogP contribution in [0.2, 0.25) is 0 Å². The molecule has 0 heterocycles. The van der Waals surface area contributed by atoms with E-state index in [1.165, 1.54) is 19.2 Å². The van der Waals surface area contributed by atoms with Gasteiger partial charge in [0.15, 0.2) is 0 Å². The molecule has 190 valence electrons. The van der Waals surface area contributed by atoms with Crippen molar-refractivity contribution in [1.29, 1.82) is 0 Å². The maximum atomic E-state index is 11.7. The Balaban J connectivity index is 0. The summed E-state index contributed by atoms with van der Waals surface area (Å²) in [4.78, 5) is 31.4. The molecule has 0 aromatic heterocycles. The first-order valence-electron chi connectivity index (χ1n) is 9.74. The van der Waals surface area contributed by atoms with Gasteiger partial charge >= 0.3 is 17.9 Å². The molecule has 0 amide bonds. The van der Waals surface area contributed by atoms with Crippen LogP contribution in [0.15, 0.2) is 66.1 Å². The van der Waals surface area contributed by atoms with E-state index in [1.807, 2.05) is 6.92 Å². The third-order valence-corrected chi connectivity index (χ3v) is 4.58. The van der Waals surface area contributed by atoms with Crippen LogP contribution in [-0.2, 0) is 42.9 Å². The molecule has 1 rings (SSSR count). The summed E-state index contributed by atoms with van der Waals surface area (Å²) in [6.07, 6.45) is 0.995.